The molecule has 1 saturated heterocycles. The highest BCUT2D eigenvalue weighted by molar-refractivity contribution is 5.78. The molecular formula is C21H19FN4O5. The lowest BCUT2D eigenvalue weighted by atomic mass is 9.98. The first-order chi connectivity index (χ1) is 15.0. The van der Waals surface area contributed by atoms with Crippen LogP contribution in [0, 0.1) is 15.9 Å². The number of amides is 1. The molecular weight excluding hydrogens is 407 g/mol. The average molecular weight is 426 g/mol. The van der Waals surface area contributed by atoms with E-state index < -0.39 is 10.7 Å². The molecule has 3 aromatic rings. The summed E-state index contributed by atoms with van der Waals surface area (Å²) in [5.74, 6) is -0.108. The Balaban J connectivity index is 1.40. The quantitative estimate of drug-likeness (QED) is 0.437. The molecule has 1 amide bonds. The summed E-state index contributed by atoms with van der Waals surface area (Å²) in [6.45, 7) is 0.597. The number of aromatic nitrogens is 2. The molecule has 0 radical (unpaired) electrons. The van der Waals surface area contributed by atoms with Crippen molar-refractivity contribution in [2.45, 2.75) is 18.8 Å². The van der Waals surface area contributed by atoms with Crippen molar-refractivity contribution in [3.63, 3.8) is 0 Å². The highest BCUT2D eigenvalue weighted by Crippen LogP contribution is 2.29. The van der Waals surface area contributed by atoms with Gasteiger partial charge in [0.2, 0.25) is 11.7 Å². The molecule has 1 aliphatic heterocycles. The number of rotatable bonds is 6. The summed E-state index contributed by atoms with van der Waals surface area (Å²) in [7, 11) is 0. The second-order valence-corrected chi connectivity index (χ2v) is 7.16. The van der Waals surface area contributed by atoms with Gasteiger partial charge in [0, 0.05) is 24.7 Å². The summed E-state index contributed by atoms with van der Waals surface area (Å²) in [5.41, 5.74) is 0.319. The van der Waals surface area contributed by atoms with Gasteiger partial charge in [0.1, 0.15) is 5.82 Å². The van der Waals surface area contributed by atoms with Crippen molar-refractivity contribution in [2.24, 2.45) is 0 Å². The van der Waals surface area contributed by atoms with Gasteiger partial charge in [-0.2, -0.15) is 4.98 Å². The number of para-hydroxylation sites is 2. The number of benzene rings is 2. The van der Waals surface area contributed by atoms with Crippen LogP contribution in [-0.4, -0.2) is 45.6 Å². The number of ether oxygens (including phenoxy) is 1. The van der Waals surface area contributed by atoms with E-state index in [2.05, 4.69) is 10.1 Å². The van der Waals surface area contributed by atoms with Crippen LogP contribution in [-0.2, 0) is 4.79 Å². The van der Waals surface area contributed by atoms with Crippen LogP contribution in [0.25, 0.3) is 11.4 Å². The van der Waals surface area contributed by atoms with Crippen LogP contribution in [0.3, 0.4) is 0 Å². The lowest BCUT2D eigenvalue weighted by Gasteiger charge is -2.30. The van der Waals surface area contributed by atoms with Gasteiger partial charge in [-0.1, -0.05) is 29.4 Å². The molecule has 31 heavy (non-hydrogen) atoms. The Bertz CT molecular complexity index is 1100. The van der Waals surface area contributed by atoms with Gasteiger partial charge in [-0.05, 0) is 31.0 Å². The minimum atomic E-state index is -0.553. The van der Waals surface area contributed by atoms with Crippen molar-refractivity contribution in [2.75, 3.05) is 19.7 Å². The van der Waals surface area contributed by atoms with E-state index in [0.29, 0.717) is 24.5 Å². The average Bonchev–Trinajstić information content (AvgIpc) is 3.28. The molecule has 2 aromatic carbocycles. The number of nitrogens with zero attached hydrogens (tertiary/aromatic N) is 4. The molecule has 4 rings (SSSR count). The molecule has 0 spiro atoms. The van der Waals surface area contributed by atoms with Crippen LogP contribution in [0.4, 0.5) is 10.1 Å². The number of nitro groups is 1. The van der Waals surface area contributed by atoms with Crippen molar-refractivity contribution in [1.82, 2.24) is 15.0 Å². The van der Waals surface area contributed by atoms with E-state index >= 15 is 0 Å². The standard InChI is InChI=1S/C21H19FN4O5/c22-16-7-3-5-14(11-16)20-23-21(31-24-20)15-6-4-10-25(12-15)19(27)13-30-18-9-2-1-8-17(18)26(28)29/h1-3,5,7-9,11,15H,4,6,10,12-13H2. The Hall–Kier alpha value is -3.82. The number of piperidine rings is 1. The number of nitro benzene ring substituents is 1. The van der Waals surface area contributed by atoms with E-state index in [1.807, 2.05) is 0 Å². The number of hydrogen-bond acceptors (Lipinski definition) is 7. The molecule has 0 N–H and O–H groups in total. The van der Waals surface area contributed by atoms with E-state index in [1.165, 1.54) is 30.3 Å². The Morgan fingerprint density at radius 1 is 1.29 bits per heavy atom. The van der Waals surface area contributed by atoms with Gasteiger partial charge in [0.15, 0.2) is 12.4 Å². The summed E-state index contributed by atoms with van der Waals surface area (Å²) >= 11 is 0. The molecule has 0 aliphatic carbocycles. The molecule has 0 bridgehead atoms. The Morgan fingerprint density at radius 2 is 2.13 bits per heavy atom. The fourth-order valence-electron chi connectivity index (χ4n) is 3.51. The first-order valence-electron chi connectivity index (χ1n) is 9.75. The summed E-state index contributed by atoms with van der Waals surface area (Å²) < 4.78 is 24.2. The normalized spacial score (nSPS) is 16.2. The first-order valence-corrected chi connectivity index (χ1v) is 9.75. The second kappa shape index (κ2) is 8.90. The number of carbonyl (C=O) groups excluding carboxylic acids is 1. The largest absolute Gasteiger partial charge is 0.477 e. The van der Waals surface area contributed by atoms with E-state index in [0.717, 1.165) is 12.8 Å². The van der Waals surface area contributed by atoms with E-state index in [1.54, 1.807) is 23.1 Å². The van der Waals surface area contributed by atoms with Gasteiger partial charge >= 0.3 is 5.69 Å². The fraction of sp³-hybridized carbons (Fsp3) is 0.286. The third-order valence-electron chi connectivity index (χ3n) is 5.06. The smallest absolute Gasteiger partial charge is 0.310 e. The Labute approximate surface area is 176 Å². The molecule has 2 heterocycles. The van der Waals surface area contributed by atoms with Crippen molar-refractivity contribution in [3.8, 4) is 17.1 Å². The second-order valence-electron chi connectivity index (χ2n) is 7.16. The van der Waals surface area contributed by atoms with Crippen molar-refractivity contribution < 1.29 is 23.4 Å². The zero-order chi connectivity index (χ0) is 21.8. The highest BCUT2D eigenvalue weighted by Gasteiger charge is 2.29. The van der Waals surface area contributed by atoms with Gasteiger partial charge < -0.3 is 14.2 Å². The van der Waals surface area contributed by atoms with Crippen LogP contribution in [0.2, 0.25) is 0 Å². The Kier molecular flexibility index (Phi) is 5.87. The van der Waals surface area contributed by atoms with Crippen molar-refractivity contribution in [1.29, 1.82) is 0 Å². The molecule has 9 nitrogen and oxygen atoms in total. The number of carbonyl (C=O) groups is 1. The number of hydrogen-bond donors (Lipinski definition) is 0. The van der Waals surface area contributed by atoms with Crippen LogP contribution < -0.4 is 4.74 Å². The maximum atomic E-state index is 13.4. The van der Waals surface area contributed by atoms with Crippen LogP contribution in [0.15, 0.2) is 53.1 Å². The lowest BCUT2D eigenvalue weighted by Crippen LogP contribution is -2.41. The molecule has 10 heteroatoms. The third-order valence-corrected chi connectivity index (χ3v) is 5.06. The predicted octanol–water partition coefficient (Wildman–Crippen LogP) is 3.57. The maximum absolute atomic E-state index is 13.4. The third kappa shape index (κ3) is 4.68. The number of likely N-dealkylation sites (tertiary alicyclic amines) is 1. The Morgan fingerprint density at radius 3 is 2.94 bits per heavy atom. The number of halogens is 1. The minimum Gasteiger partial charge on any atom is -0.477 e. The van der Waals surface area contributed by atoms with Crippen LogP contribution >= 0.6 is 0 Å². The van der Waals surface area contributed by atoms with E-state index in [9.17, 15) is 19.3 Å². The zero-order valence-corrected chi connectivity index (χ0v) is 16.4. The van der Waals surface area contributed by atoms with Gasteiger partial charge in [0.05, 0.1) is 10.8 Å². The molecule has 160 valence electrons. The van der Waals surface area contributed by atoms with Gasteiger partial charge in [0.25, 0.3) is 5.91 Å². The van der Waals surface area contributed by atoms with Crippen molar-refractivity contribution >= 4 is 11.6 Å². The maximum Gasteiger partial charge on any atom is 0.310 e. The SMILES string of the molecule is O=C(COc1ccccc1[N+](=O)[O-])N1CCCC(c2nc(-c3cccc(F)c3)no2)C1. The zero-order valence-electron chi connectivity index (χ0n) is 16.4. The van der Waals surface area contributed by atoms with Gasteiger partial charge in [-0.25, -0.2) is 4.39 Å². The topological polar surface area (TPSA) is 112 Å². The molecule has 1 aromatic heterocycles. The van der Waals surface area contributed by atoms with Gasteiger partial charge in [-0.3, -0.25) is 14.9 Å². The highest BCUT2D eigenvalue weighted by atomic mass is 19.1. The van der Waals surface area contributed by atoms with Gasteiger partial charge in [-0.15, -0.1) is 0 Å². The van der Waals surface area contributed by atoms with Crippen molar-refractivity contribution in [3.05, 3.63) is 70.4 Å². The molecule has 1 unspecified atom stereocenters. The summed E-state index contributed by atoms with van der Waals surface area (Å²) in [6, 6.07) is 11.8. The monoisotopic (exact) mass is 426 g/mol. The summed E-state index contributed by atoms with van der Waals surface area (Å²) in [5, 5.41) is 15.0. The van der Waals surface area contributed by atoms with E-state index in [-0.39, 0.29) is 35.7 Å². The molecule has 1 atom stereocenters. The van der Waals surface area contributed by atoms with Crippen LogP contribution in [0.1, 0.15) is 24.7 Å². The summed E-state index contributed by atoms with van der Waals surface area (Å²) in [6.07, 6.45) is 1.50. The van der Waals surface area contributed by atoms with E-state index in [4.69, 9.17) is 9.26 Å². The molecule has 1 fully saturated rings. The van der Waals surface area contributed by atoms with Crippen LogP contribution in [0.5, 0.6) is 5.75 Å². The lowest BCUT2D eigenvalue weighted by molar-refractivity contribution is -0.385. The summed E-state index contributed by atoms with van der Waals surface area (Å²) in [4.78, 5) is 29.1. The minimum absolute atomic E-state index is 0.0473. The fourth-order valence-corrected chi connectivity index (χ4v) is 3.51. The molecule has 0 saturated carbocycles. The predicted molar refractivity (Wildman–Crippen MR) is 107 cm³/mol. The first kappa shape index (κ1) is 20.5. The molecule has 1 aliphatic rings.